The van der Waals surface area contributed by atoms with E-state index in [2.05, 4.69) is 10.1 Å². The van der Waals surface area contributed by atoms with E-state index in [4.69, 9.17) is 9.47 Å². The SMILES string of the molecule is CCOCc1nn2c(=O)cc(COC(=O)CCc3ccccc3)nc2s1. The number of esters is 1. The van der Waals surface area contributed by atoms with Crippen LogP contribution in [0.2, 0.25) is 0 Å². The summed E-state index contributed by atoms with van der Waals surface area (Å²) in [5.74, 6) is -0.322. The van der Waals surface area contributed by atoms with Crippen molar-refractivity contribution >= 4 is 22.3 Å². The molecule has 0 saturated heterocycles. The highest BCUT2D eigenvalue weighted by molar-refractivity contribution is 7.16. The standard InChI is InChI=1S/C18H19N3O4S/c1-2-24-12-15-20-21-16(22)10-14(19-18(21)26-15)11-25-17(23)9-8-13-6-4-3-5-7-13/h3-7,10H,2,8-9,11-12H2,1H3. The molecule has 0 atom stereocenters. The van der Waals surface area contributed by atoms with Crippen molar-refractivity contribution in [2.45, 2.75) is 33.0 Å². The van der Waals surface area contributed by atoms with E-state index < -0.39 is 0 Å². The summed E-state index contributed by atoms with van der Waals surface area (Å²) >= 11 is 1.28. The number of fused-ring (bicyclic) bond motifs is 1. The van der Waals surface area contributed by atoms with Gasteiger partial charge in [0.1, 0.15) is 18.2 Å². The molecule has 0 spiro atoms. The van der Waals surface area contributed by atoms with E-state index >= 15 is 0 Å². The number of benzene rings is 1. The van der Waals surface area contributed by atoms with Crippen LogP contribution in [-0.2, 0) is 33.9 Å². The normalized spacial score (nSPS) is 11.0. The van der Waals surface area contributed by atoms with Crippen molar-refractivity contribution in [2.75, 3.05) is 6.61 Å². The highest BCUT2D eigenvalue weighted by Gasteiger charge is 2.11. The molecule has 0 saturated carbocycles. The summed E-state index contributed by atoms with van der Waals surface area (Å²) in [5.41, 5.74) is 1.19. The third-order valence-electron chi connectivity index (χ3n) is 3.61. The van der Waals surface area contributed by atoms with E-state index in [1.807, 2.05) is 37.3 Å². The van der Waals surface area contributed by atoms with E-state index in [9.17, 15) is 9.59 Å². The molecule has 0 aliphatic rings. The van der Waals surface area contributed by atoms with E-state index in [0.29, 0.717) is 35.3 Å². The number of hydrogen-bond donors (Lipinski definition) is 0. The Balaban J connectivity index is 1.59. The molecule has 0 N–H and O–H groups in total. The lowest BCUT2D eigenvalue weighted by Gasteiger charge is -2.04. The lowest BCUT2D eigenvalue weighted by molar-refractivity contribution is -0.145. The minimum atomic E-state index is -0.322. The van der Waals surface area contributed by atoms with Gasteiger partial charge in [0.05, 0.1) is 5.69 Å². The van der Waals surface area contributed by atoms with Crippen LogP contribution in [0.5, 0.6) is 0 Å². The van der Waals surface area contributed by atoms with Crippen molar-refractivity contribution < 1.29 is 14.3 Å². The minimum Gasteiger partial charge on any atom is -0.459 e. The summed E-state index contributed by atoms with van der Waals surface area (Å²) in [7, 11) is 0. The fourth-order valence-electron chi connectivity index (χ4n) is 2.34. The van der Waals surface area contributed by atoms with Crippen LogP contribution in [0, 0.1) is 0 Å². The smallest absolute Gasteiger partial charge is 0.306 e. The molecule has 3 rings (SSSR count). The molecule has 2 heterocycles. The number of ether oxygens (including phenoxy) is 2. The Bertz CT molecular complexity index is 937. The van der Waals surface area contributed by atoms with Gasteiger partial charge >= 0.3 is 5.97 Å². The average molecular weight is 373 g/mol. The monoisotopic (exact) mass is 373 g/mol. The van der Waals surface area contributed by atoms with E-state index in [-0.39, 0.29) is 24.6 Å². The molecule has 7 nitrogen and oxygen atoms in total. The molecule has 0 aliphatic heterocycles. The number of rotatable bonds is 8. The maximum absolute atomic E-state index is 12.1. The van der Waals surface area contributed by atoms with Gasteiger partial charge in [-0.05, 0) is 18.9 Å². The Labute approximate surface area is 154 Å². The van der Waals surface area contributed by atoms with Crippen LogP contribution in [0.1, 0.15) is 29.6 Å². The first-order valence-electron chi connectivity index (χ1n) is 8.31. The van der Waals surface area contributed by atoms with Gasteiger partial charge in [-0.15, -0.1) is 0 Å². The molecule has 0 bridgehead atoms. The molecule has 136 valence electrons. The van der Waals surface area contributed by atoms with Gasteiger partial charge < -0.3 is 9.47 Å². The molecule has 0 fully saturated rings. The first-order valence-corrected chi connectivity index (χ1v) is 9.13. The number of hydrogen-bond acceptors (Lipinski definition) is 7. The largest absolute Gasteiger partial charge is 0.459 e. The number of aromatic nitrogens is 3. The van der Waals surface area contributed by atoms with Crippen LogP contribution in [0.25, 0.3) is 4.96 Å². The average Bonchev–Trinajstić information content (AvgIpc) is 3.07. The molecule has 8 heteroatoms. The van der Waals surface area contributed by atoms with E-state index in [1.54, 1.807) is 0 Å². The Hall–Kier alpha value is -2.58. The highest BCUT2D eigenvalue weighted by atomic mass is 32.1. The molecular weight excluding hydrogens is 354 g/mol. The second-order valence-electron chi connectivity index (χ2n) is 5.56. The molecule has 3 aromatic rings. The van der Waals surface area contributed by atoms with Crippen molar-refractivity contribution in [2.24, 2.45) is 0 Å². The van der Waals surface area contributed by atoms with Gasteiger partial charge in [0.2, 0.25) is 4.96 Å². The molecule has 1 aromatic carbocycles. The Kier molecular flexibility index (Phi) is 6.08. The number of carbonyl (C=O) groups is 1. The van der Waals surface area contributed by atoms with Gasteiger partial charge in [-0.1, -0.05) is 41.7 Å². The van der Waals surface area contributed by atoms with Crippen LogP contribution in [0.15, 0.2) is 41.2 Å². The quantitative estimate of drug-likeness (QED) is 0.564. The highest BCUT2D eigenvalue weighted by Crippen LogP contribution is 2.13. The van der Waals surface area contributed by atoms with Gasteiger partial charge in [0.15, 0.2) is 0 Å². The maximum Gasteiger partial charge on any atom is 0.306 e. The molecule has 0 radical (unpaired) electrons. The predicted molar refractivity (Wildman–Crippen MR) is 97.0 cm³/mol. The summed E-state index contributed by atoms with van der Waals surface area (Å²) in [6, 6.07) is 11.1. The van der Waals surface area contributed by atoms with Crippen LogP contribution in [0.4, 0.5) is 0 Å². The number of nitrogens with zero attached hydrogens (tertiary/aromatic N) is 3. The molecule has 0 amide bonds. The summed E-state index contributed by atoms with van der Waals surface area (Å²) in [4.78, 5) is 28.8. The first-order chi connectivity index (χ1) is 12.7. The third kappa shape index (κ3) is 4.74. The third-order valence-corrected chi connectivity index (χ3v) is 4.49. The summed E-state index contributed by atoms with van der Waals surface area (Å²) in [6.45, 7) is 2.77. The second kappa shape index (κ2) is 8.68. The Morgan fingerprint density at radius 3 is 2.81 bits per heavy atom. The number of aryl methyl sites for hydroxylation is 1. The van der Waals surface area contributed by atoms with Crippen molar-refractivity contribution in [1.82, 2.24) is 14.6 Å². The molecule has 0 unspecified atom stereocenters. The van der Waals surface area contributed by atoms with Crippen molar-refractivity contribution in [3.8, 4) is 0 Å². The van der Waals surface area contributed by atoms with E-state index in [0.717, 1.165) is 5.56 Å². The van der Waals surface area contributed by atoms with Crippen LogP contribution in [0.3, 0.4) is 0 Å². The zero-order chi connectivity index (χ0) is 18.4. The van der Waals surface area contributed by atoms with Crippen molar-refractivity contribution in [1.29, 1.82) is 0 Å². The number of carbonyl (C=O) groups excluding carboxylic acids is 1. The molecule has 2 aromatic heterocycles. The van der Waals surface area contributed by atoms with Crippen LogP contribution >= 0.6 is 11.3 Å². The van der Waals surface area contributed by atoms with Gasteiger partial charge in [-0.2, -0.15) is 9.61 Å². The summed E-state index contributed by atoms with van der Waals surface area (Å²) in [5, 5.41) is 4.85. The topological polar surface area (TPSA) is 82.8 Å². The van der Waals surface area contributed by atoms with Crippen molar-refractivity contribution in [3.05, 3.63) is 63.0 Å². The van der Waals surface area contributed by atoms with Crippen LogP contribution in [-0.4, -0.2) is 27.2 Å². The van der Waals surface area contributed by atoms with Crippen LogP contribution < -0.4 is 5.56 Å². The molecule has 26 heavy (non-hydrogen) atoms. The Morgan fingerprint density at radius 1 is 1.23 bits per heavy atom. The second-order valence-corrected chi connectivity index (χ2v) is 6.60. The van der Waals surface area contributed by atoms with Gasteiger partial charge in [-0.25, -0.2) is 4.98 Å². The molecular formula is C18H19N3O4S. The fraction of sp³-hybridized carbons (Fsp3) is 0.333. The summed E-state index contributed by atoms with van der Waals surface area (Å²) < 4.78 is 11.8. The lowest BCUT2D eigenvalue weighted by Crippen LogP contribution is -2.16. The van der Waals surface area contributed by atoms with Gasteiger partial charge in [0, 0.05) is 19.1 Å². The zero-order valence-electron chi connectivity index (χ0n) is 14.4. The van der Waals surface area contributed by atoms with Gasteiger partial charge in [-0.3, -0.25) is 9.59 Å². The fourth-order valence-corrected chi connectivity index (χ4v) is 3.19. The molecule has 0 aliphatic carbocycles. The Morgan fingerprint density at radius 2 is 2.04 bits per heavy atom. The van der Waals surface area contributed by atoms with Gasteiger partial charge in [0.25, 0.3) is 5.56 Å². The summed E-state index contributed by atoms with van der Waals surface area (Å²) in [6.07, 6.45) is 0.898. The van der Waals surface area contributed by atoms with Crippen molar-refractivity contribution in [3.63, 3.8) is 0 Å². The first kappa shape index (κ1) is 18.2. The lowest BCUT2D eigenvalue weighted by atomic mass is 10.1. The minimum absolute atomic E-state index is 0.0297. The van der Waals surface area contributed by atoms with E-state index in [1.165, 1.54) is 21.9 Å². The zero-order valence-corrected chi connectivity index (χ0v) is 15.2. The maximum atomic E-state index is 12.1. The predicted octanol–water partition coefficient (Wildman–Crippen LogP) is 2.36.